The second-order valence-electron chi connectivity index (χ2n) is 9.76. The van der Waals surface area contributed by atoms with Gasteiger partial charge in [0.15, 0.2) is 0 Å². The minimum absolute atomic E-state index is 0.105. The molecular weight excluding hydrogens is 487 g/mol. The molecule has 0 bridgehead atoms. The molecule has 198 valence electrons. The summed E-state index contributed by atoms with van der Waals surface area (Å²) >= 11 is 0. The number of anilines is 1. The Morgan fingerprint density at radius 3 is 2.74 bits per heavy atom. The zero-order valence-electron chi connectivity index (χ0n) is 21.8. The van der Waals surface area contributed by atoms with Crippen LogP contribution in [0.25, 0.3) is 21.8 Å². The van der Waals surface area contributed by atoms with Gasteiger partial charge in [0.25, 0.3) is 5.91 Å². The molecule has 1 unspecified atom stereocenters. The fraction of sp³-hybridized carbons (Fsp3) is 0.357. The fourth-order valence-electron chi connectivity index (χ4n) is 4.96. The Bertz CT molecular complexity index is 1530. The smallest absolute Gasteiger partial charge is 0.272 e. The first-order valence-electron chi connectivity index (χ1n) is 12.7. The number of nitrogen functional groups attached to an aromatic ring is 1. The van der Waals surface area contributed by atoms with E-state index in [9.17, 15) is 9.59 Å². The van der Waals surface area contributed by atoms with Crippen molar-refractivity contribution in [3.63, 3.8) is 0 Å². The van der Waals surface area contributed by atoms with Crippen molar-refractivity contribution in [3.05, 3.63) is 65.1 Å². The summed E-state index contributed by atoms with van der Waals surface area (Å²) < 4.78 is 22.5. The zero-order valence-corrected chi connectivity index (χ0v) is 21.8. The number of pyridine rings is 1. The van der Waals surface area contributed by atoms with E-state index < -0.39 is 11.7 Å². The highest BCUT2D eigenvalue weighted by atomic mass is 19.1. The quantitative estimate of drug-likeness (QED) is 0.387. The van der Waals surface area contributed by atoms with Gasteiger partial charge >= 0.3 is 0 Å². The van der Waals surface area contributed by atoms with E-state index in [0.29, 0.717) is 33.2 Å². The molecule has 0 aliphatic carbocycles. The van der Waals surface area contributed by atoms with Crippen LogP contribution in [0.5, 0.6) is 0 Å². The third-order valence-electron chi connectivity index (χ3n) is 7.22. The average molecular weight is 519 g/mol. The predicted octanol–water partition coefficient (Wildman–Crippen LogP) is 3.99. The molecule has 0 radical (unpaired) electrons. The van der Waals surface area contributed by atoms with Gasteiger partial charge in [0, 0.05) is 44.1 Å². The van der Waals surface area contributed by atoms with Crippen molar-refractivity contribution in [2.45, 2.75) is 45.3 Å². The van der Waals surface area contributed by atoms with E-state index in [4.69, 9.17) is 10.5 Å². The van der Waals surface area contributed by atoms with Crippen molar-refractivity contribution in [2.75, 3.05) is 19.4 Å². The number of fused-ring (bicyclic) bond motifs is 3. The van der Waals surface area contributed by atoms with Gasteiger partial charge in [-0.15, -0.1) is 0 Å². The zero-order chi connectivity index (χ0) is 27.0. The SMILES string of the molecule is CC(=O)N(C)N(Cc1ccc(CCC2CCCO2)cc1F)C(=O)c1ccc2nc(N)c3cnn(C)c3c2c1. The van der Waals surface area contributed by atoms with Gasteiger partial charge in [-0.1, -0.05) is 12.1 Å². The molecule has 4 aromatic rings. The van der Waals surface area contributed by atoms with Crippen LogP contribution in [0.3, 0.4) is 0 Å². The number of rotatable bonds is 6. The number of hydrazine groups is 1. The lowest BCUT2D eigenvalue weighted by Gasteiger charge is -2.31. The molecule has 1 aliphatic rings. The van der Waals surface area contributed by atoms with Crippen LogP contribution in [-0.2, 0) is 29.5 Å². The van der Waals surface area contributed by atoms with Crippen molar-refractivity contribution in [1.82, 2.24) is 24.8 Å². The Morgan fingerprint density at radius 2 is 2.03 bits per heavy atom. The largest absolute Gasteiger partial charge is 0.383 e. The molecule has 1 atom stereocenters. The molecule has 2 N–H and O–H groups in total. The van der Waals surface area contributed by atoms with Gasteiger partial charge < -0.3 is 10.5 Å². The number of hydrogen-bond donors (Lipinski definition) is 1. The lowest BCUT2D eigenvalue weighted by molar-refractivity contribution is -0.140. The average Bonchev–Trinajstić information content (AvgIpc) is 3.56. The number of carbonyl (C=O) groups excluding carboxylic acids is 2. The minimum atomic E-state index is -0.446. The third-order valence-corrected chi connectivity index (χ3v) is 7.22. The van der Waals surface area contributed by atoms with E-state index in [1.807, 2.05) is 6.07 Å². The molecule has 0 spiro atoms. The monoisotopic (exact) mass is 518 g/mol. The first kappa shape index (κ1) is 25.6. The summed E-state index contributed by atoms with van der Waals surface area (Å²) in [6.07, 6.45) is 5.55. The molecule has 3 heterocycles. The predicted molar refractivity (Wildman–Crippen MR) is 142 cm³/mol. The number of nitrogens with two attached hydrogens (primary N) is 1. The topological polar surface area (TPSA) is 107 Å². The van der Waals surface area contributed by atoms with Crippen LogP contribution in [0.2, 0.25) is 0 Å². The normalized spacial score (nSPS) is 15.3. The maximum atomic E-state index is 15.2. The Morgan fingerprint density at radius 1 is 1.21 bits per heavy atom. The first-order chi connectivity index (χ1) is 18.2. The Labute approximate surface area is 219 Å². The highest BCUT2D eigenvalue weighted by Gasteiger charge is 2.25. The van der Waals surface area contributed by atoms with Gasteiger partial charge in [0.2, 0.25) is 5.91 Å². The number of aryl methyl sites for hydroxylation is 2. The second kappa shape index (κ2) is 10.4. The summed E-state index contributed by atoms with van der Waals surface area (Å²) in [6, 6.07) is 10.1. The molecule has 2 aromatic carbocycles. The number of ether oxygens (including phenoxy) is 1. The summed E-state index contributed by atoms with van der Waals surface area (Å²) in [5, 5.41) is 8.12. The highest BCUT2D eigenvalue weighted by Crippen LogP contribution is 2.29. The van der Waals surface area contributed by atoms with E-state index in [-0.39, 0.29) is 18.6 Å². The summed E-state index contributed by atoms with van der Waals surface area (Å²) in [6.45, 7) is 2.04. The molecule has 2 amide bonds. The van der Waals surface area contributed by atoms with Gasteiger partial charge in [-0.05, 0) is 55.5 Å². The van der Waals surface area contributed by atoms with E-state index >= 15 is 4.39 Å². The Hall–Kier alpha value is -4.05. The van der Waals surface area contributed by atoms with Gasteiger partial charge in [0.05, 0.1) is 35.3 Å². The van der Waals surface area contributed by atoms with Gasteiger partial charge in [0.1, 0.15) is 11.6 Å². The van der Waals surface area contributed by atoms with Crippen LogP contribution in [0.4, 0.5) is 10.2 Å². The molecule has 1 fully saturated rings. The van der Waals surface area contributed by atoms with Crippen LogP contribution in [0.15, 0.2) is 42.6 Å². The van der Waals surface area contributed by atoms with Gasteiger partial charge in [-0.25, -0.2) is 14.4 Å². The number of carbonyl (C=O) groups is 2. The van der Waals surface area contributed by atoms with E-state index in [1.54, 1.807) is 42.2 Å². The number of nitrogens with zero attached hydrogens (tertiary/aromatic N) is 5. The Balaban J connectivity index is 1.44. The van der Waals surface area contributed by atoms with Crippen LogP contribution in [-0.4, -0.2) is 56.4 Å². The van der Waals surface area contributed by atoms with Crippen LogP contribution < -0.4 is 5.73 Å². The van der Waals surface area contributed by atoms with Crippen molar-refractivity contribution >= 4 is 39.4 Å². The highest BCUT2D eigenvalue weighted by molar-refractivity contribution is 6.10. The summed E-state index contributed by atoms with van der Waals surface area (Å²) in [5.74, 6) is -0.860. The van der Waals surface area contributed by atoms with E-state index in [2.05, 4.69) is 10.1 Å². The van der Waals surface area contributed by atoms with Crippen molar-refractivity contribution in [2.24, 2.45) is 7.05 Å². The fourth-order valence-corrected chi connectivity index (χ4v) is 4.96. The number of aromatic nitrogens is 3. The van der Waals surface area contributed by atoms with E-state index in [1.165, 1.54) is 30.1 Å². The number of hydrogen-bond acceptors (Lipinski definition) is 6. The lowest BCUT2D eigenvalue weighted by Crippen LogP contribution is -2.46. The molecule has 2 aromatic heterocycles. The molecule has 38 heavy (non-hydrogen) atoms. The first-order valence-corrected chi connectivity index (χ1v) is 12.7. The molecule has 9 nitrogen and oxygen atoms in total. The van der Waals surface area contributed by atoms with Crippen molar-refractivity contribution in [1.29, 1.82) is 0 Å². The van der Waals surface area contributed by atoms with Crippen molar-refractivity contribution < 1.29 is 18.7 Å². The maximum absolute atomic E-state index is 15.2. The second-order valence-corrected chi connectivity index (χ2v) is 9.76. The van der Waals surface area contributed by atoms with E-state index in [0.717, 1.165) is 43.4 Å². The van der Waals surface area contributed by atoms with Crippen LogP contribution >= 0.6 is 0 Å². The molecule has 5 rings (SSSR count). The number of halogens is 1. The Kier molecular flexibility index (Phi) is 6.98. The summed E-state index contributed by atoms with van der Waals surface area (Å²) in [7, 11) is 3.29. The molecular formula is C28H31FN6O3. The summed E-state index contributed by atoms with van der Waals surface area (Å²) in [4.78, 5) is 30.4. The molecule has 10 heteroatoms. The molecule has 1 aliphatic heterocycles. The van der Waals surface area contributed by atoms with Gasteiger partial charge in [-0.2, -0.15) is 5.10 Å². The number of benzene rings is 2. The lowest BCUT2D eigenvalue weighted by atomic mass is 10.0. The maximum Gasteiger partial charge on any atom is 0.272 e. The van der Waals surface area contributed by atoms with Crippen molar-refractivity contribution in [3.8, 4) is 0 Å². The minimum Gasteiger partial charge on any atom is -0.383 e. The van der Waals surface area contributed by atoms with Gasteiger partial charge in [-0.3, -0.25) is 19.3 Å². The number of amides is 2. The standard InChI is InChI=1S/C28H31FN6O3/c1-17(36)34(3)35(16-20-8-6-18(13-24(20)29)7-10-21-5-4-12-38-21)28(37)19-9-11-25-22(14-19)26-23(27(30)32-25)15-31-33(26)2/h6,8-9,11,13-15,21H,4-5,7,10,12,16H2,1-3H3,(H2,30,32). The third kappa shape index (κ3) is 4.91. The van der Waals surface area contributed by atoms with Crippen LogP contribution in [0, 0.1) is 5.82 Å². The molecule has 0 saturated carbocycles. The molecule has 1 saturated heterocycles. The summed E-state index contributed by atoms with van der Waals surface area (Å²) in [5.41, 5.74) is 8.98. The van der Waals surface area contributed by atoms with Crippen LogP contribution in [0.1, 0.15) is 47.7 Å².